The van der Waals surface area contributed by atoms with E-state index in [0.717, 1.165) is 0 Å². The summed E-state index contributed by atoms with van der Waals surface area (Å²) in [7, 11) is 0. The molecule has 98 valence electrons. The summed E-state index contributed by atoms with van der Waals surface area (Å²) >= 11 is 0. The molecule has 6 N–H and O–H groups in total. The van der Waals surface area contributed by atoms with Gasteiger partial charge in [0, 0.05) is 0 Å². The van der Waals surface area contributed by atoms with Gasteiger partial charge in [-0.1, -0.05) is 0 Å². The molecule has 0 aromatic heterocycles. The van der Waals surface area contributed by atoms with Gasteiger partial charge in [0.25, 0.3) is 0 Å². The van der Waals surface area contributed by atoms with Gasteiger partial charge in [-0.3, -0.25) is 0 Å². The maximum absolute atomic E-state index is 10.5. The molecule has 9 nitrogen and oxygen atoms in total. The van der Waals surface area contributed by atoms with Crippen LogP contribution in [0.25, 0.3) is 0 Å². The zero-order chi connectivity index (χ0) is 13.5. The van der Waals surface area contributed by atoms with Gasteiger partial charge in [-0.05, 0) is 6.92 Å². The Labute approximate surface area is 97.1 Å². The van der Waals surface area contributed by atoms with Crippen LogP contribution in [0.1, 0.15) is 6.92 Å². The van der Waals surface area contributed by atoms with Gasteiger partial charge in [0.1, 0.15) is 19.8 Å². The molecule has 17 heavy (non-hydrogen) atoms. The second kappa shape index (κ2) is 6.40. The predicted molar refractivity (Wildman–Crippen MR) is 54.7 cm³/mol. The number of carbonyl (C=O) groups is 3. The van der Waals surface area contributed by atoms with Crippen LogP contribution >= 0.6 is 0 Å². The van der Waals surface area contributed by atoms with Crippen LogP contribution in [-0.2, 0) is 14.2 Å². The van der Waals surface area contributed by atoms with E-state index < -0.39 is 23.7 Å². The molecule has 0 aliphatic rings. The second-order valence-corrected chi connectivity index (χ2v) is 3.63. The summed E-state index contributed by atoms with van der Waals surface area (Å²) in [6.07, 6.45) is -3.02. The molecule has 0 saturated carbocycles. The molecule has 0 spiro atoms. The van der Waals surface area contributed by atoms with Crippen LogP contribution < -0.4 is 17.2 Å². The fraction of sp³-hybridized carbons (Fsp3) is 0.625. The Morgan fingerprint density at radius 3 is 1.24 bits per heavy atom. The molecule has 0 radical (unpaired) electrons. The lowest BCUT2D eigenvalue weighted by molar-refractivity contribution is 0.000667. The fourth-order valence-corrected chi connectivity index (χ4v) is 0.861. The fourth-order valence-electron chi connectivity index (χ4n) is 0.861. The Balaban J connectivity index is 4.37. The molecule has 0 atom stereocenters. The maximum Gasteiger partial charge on any atom is 0.404 e. The molecule has 0 aliphatic carbocycles. The summed E-state index contributed by atoms with van der Waals surface area (Å²) in [5, 5.41) is 0. The van der Waals surface area contributed by atoms with E-state index in [1.54, 1.807) is 0 Å². The molecule has 3 amide bonds. The number of hydrogen-bond donors (Lipinski definition) is 3. The Kier molecular flexibility index (Phi) is 5.58. The summed E-state index contributed by atoms with van der Waals surface area (Å²) in [5.41, 5.74) is 13.4. The van der Waals surface area contributed by atoms with Crippen LogP contribution in [-0.4, -0.2) is 38.1 Å². The highest BCUT2D eigenvalue weighted by Crippen LogP contribution is 2.18. The highest BCUT2D eigenvalue weighted by molar-refractivity contribution is 5.65. The molecule has 0 aromatic carbocycles. The van der Waals surface area contributed by atoms with Crippen LogP contribution in [0.5, 0.6) is 0 Å². The highest BCUT2D eigenvalue weighted by Gasteiger charge is 2.30. The molecule has 0 aromatic rings. The van der Waals surface area contributed by atoms with E-state index in [4.69, 9.17) is 17.2 Å². The van der Waals surface area contributed by atoms with E-state index in [9.17, 15) is 14.4 Å². The van der Waals surface area contributed by atoms with Crippen molar-refractivity contribution in [2.75, 3.05) is 19.8 Å². The lowest BCUT2D eigenvalue weighted by atomic mass is 9.94. The second-order valence-electron chi connectivity index (χ2n) is 3.63. The van der Waals surface area contributed by atoms with E-state index in [0.29, 0.717) is 0 Å². The van der Waals surface area contributed by atoms with Crippen molar-refractivity contribution < 1.29 is 28.6 Å². The number of hydrogen-bond acceptors (Lipinski definition) is 6. The average molecular weight is 249 g/mol. The molecule has 0 unspecified atom stereocenters. The molecule has 0 bridgehead atoms. The molecule has 0 aliphatic heterocycles. The monoisotopic (exact) mass is 249 g/mol. The minimum Gasteiger partial charge on any atom is -0.449 e. The minimum atomic E-state index is -1.01. The first-order valence-corrected chi connectivity index (χ1v) is 4.52. The SMILES string of the molecule is CC(COC(N)=O)(COC(N)=O)COC(N)=O. The minimum absolute atomic E-state index is 0.219. The largest absolute Gasteiger partial charge is 0.449 e. The lowest BCUT2D eigenvalue weighted by Crippen LogP contribution is -2.38. The third kappa shape index (κ3) is 7.71. The first kappa shape index (κ1) is 14.8. The van der Waals surface area contributed by atoms with Gasteiger partial charge in [-0.25, -0.2) is 14.4 Å². The summed E-state index contributed by atoms with van der Waals surface area (Å²) in [6, 6.07) is 0. The normalized spacial score (nSPS) is 10.4. The van der Waals surface area contributed by atoms with Crippen molar-refractivity contribution in [3.63, 3.8) is 0 Å². The third-order valence-corrected chi connectivity index (χ3v) is 1.69. The van der Waals surface area contributed by atoms with Crippen LogP contribution in [0.15, 0.2) is 0 Å². The van der Waals surface area contributed by atoms with Crippen molar-refractivity contribution in [2.24, 2.45) is 22.6 Å². The molecular formula is C8H15N3O6. The number of primary amides is 3. The van der Waals surface area contributed by atoms with Crippen molar-refractivity contribution in [1.29, 1.82) is 0 Å². The van der Waals surface area contributed by atoms with Gasteiger partial charge in [-0.2, -0.15) is 0 Å². The topological polar surface area (TPSA) is 157 Å². The Morgan fingerprint density at radius 2 is 1.06 bits per heavy atom. The van der Waals surface area contributed by atoms with Gasteiger partial charge >= 0.3 is 18.3 Å². The average Bonchev–Trinajstić information content (AvgIpc) is 2.21. The van der Waals surface area contributed by atoms with Gasteiger partial charge in [-0.15, -0.1) is 0 Å². The number of amides is 3. The maximum atomic E-state index is 10.5. The standard InChI is InChI=1S/C8H15N3O6/c1-8(2-15-5(9)12,3-16-6(10)13)4-17-7(11)14/h2-4H2,1H3,(H2,9,12)(H2,10,13)(H2,11,14). The zero-order valence-corrected chi connectivity index (χ0v) is 9.30. The van der Waals surface area contributed by atoms with Crippen molar-refractivity contribution in [3.05, 3.63) is 0 Å². The Morgan fingerprint density at radius 1 is 0.824 bits per heavy atom. The zero-order valence-electron chi connectivity index (χ0n) is 9.30. The van der Waals surface area contributed by atoms with Gasteiger partial charge in [0.05, 0.1) is 5.41 Å². The molecule has 9 heteroatoms. The number of nitrogens with two attached hydrogens (primary N) is 3. The summed E-state index contributed by atoms with van der Waals surface area (Å²) in [5.74, 6) is 0. The highest BCUT2D eigenvalue weighted by atomic mass is 16.6. The molecule has 0 saturated heterocycles. The number of ether oxygens (including phenoxy) is 3. The van der Waals surface area contributed by atoms with Crippen LogP contribution in [0, 0.1) is 5.41 Å². The lowest BCUT2D eigenvalue weighted by Gasteiger charge is -2.26. The number of carbonyl (C=O) groups excluding carboxylic acids is 3. The molecule has 0 rings (SSSR count). The van der Waals surface area contributed by atoms with Crippen molar-refractivity contribution >= 4 is 18.3 Å². The number of rotatable bonds is 6. The van der Waals surface area contributed by atoms with Crippen LogP contribution in [0.2, 0.25) is 0 Å². The Hall–Kier alpha value is -2.19. The van der Waals surface area contributed by atoms with Crippen molar-refractivity contribution in [1.82, 2.24) is 0 Å². The quantitative estimate of drug-likeness (QED) is 0.527. The van der Waals surface area contributed by atoms with E-state index in [-0.39, 0.29) is 19.8 Å². The smallest absolute Gasteiger partial charge is 0.404 e. The van der Waals surface area contributed by atoms with Crippen molar-refractivity contribution in [2.45, 2.75) is 6.92 Å². The first-order valence-electron chi connectivity index (χ1n) is 4.52. The van der Waals surface area contributed by atoms with E-state index in [2.05, 4.69) is 14.2 Å². The molecule has 0 fully saturated rings. The van der Waals surface area contributed by atoms with Crippen LogP contribution in [0.4, 0.5) is 14.4 Å². The van der Waals surface area contributed by atoms with E-state index in [1.807, 2.05) is 0 Å². The van der Waals surface area contributed by atoms with Gasteiger partial charge < -0.3 is 31.4 Å². The summed E-state index contributed by atoms with van der Waals surface area (Å²) < 4.78 is 13.6. The van der Waals surface area contributed by atoms with Gasteiger partial charge in [0.15, 0.2) is 0 Å². The first-order chi connectivity index (χ1) is 7.75. The third-order valence-electron chi connectivity index (χ3n) is 1.69. The predicted octanol–water partition coefficient (Wildman–Crippen LogP) is -0.721. The Bertz CT molecular complexity index is 260. The molecular weight excluding hydrogens is 234 g/mol. The van der Waals surface area contributed by atoms with Gasteiger partial charge in [0.2, 0.25) is 0 Å². The van der Waals surface area contributed by atoms with E-state index in [1.165, 1.54) is 6.92 Å². The van der Waals surface area contributed by atoms with E-state index >= 15 is 0 Å². The molecule has 0 heterocycles. The summed E-state index contributed by atoms with van der Waals surface area (Å²) in [4.78, 5) is 31.4. The summed E-state index contributed by atoms with van der Waals surface area (Å²) in [6.45, 7) is 0.872. The van der Waals surface area contributed by atoms with Crippen LogP contribution in [0.3, 0.4) is 0 Å². The van der Waals surface area contributed by atoms with Crippen molar-refractivity contribution in [3.8, 4) is 0 Å².